The monoisotopic (exact) mass is 443 g/mol. The fourth-order valence-corrected chi connectivity index (χ4v) is 5.40. The van der Waals surface area contributed by atoms with Gasteiger partial charge in [-0.3, -0.25) is 9.59 Å². The Kier molecular flexibility index (Phi) is 5.72. The summed E-state index contributed by atoms with van der Waals surface area (Å²) in [4.78, 5) is 24.5. The average molecular weight is 444 g/mol. The van der Waals surface area contributed by atoms with Gasteiger partial charge in [-0.1, -0.05) is 12.1 Å². The van der Waals surface area contributed by atoms with Crippen LogP contribution >= 0.6 is 0 Å². The van der Waals surface area contributed by atoms with Crippen molar-refractivity contribution in [2.75, 3.05) is 30.3 Å². The number of carbonyl (C=O) groups is 2. The van der Waals surface area contributed by atoms with Crippen molar-refractivity contribution in [1.29, 1.82) is 0 Å². The van der Waals surface area contributed by atoms with Gasteiger partial charge in [0.1, 0.15) is 5.75 Å². The number of nitrogens with one attached hydrogen (secondary N) is 2. The van der Waals surface area contributed by atoms with Crippen molar-refractivity contribution in [3.63, 3.8) is 0 Å². The molecule has 1 unspecified atom stereocenters. The topological polar surface area (TPSA) is 105 Å². The molecule has 0 saturated carbocycles. The van der Waals surface area contributed by atoms with E-state index in [4.69, 9.17) is 4.74 Å². The molecule has 8 nitrogen and oxygen atoms in total. The molecule has 2 amide bonds. The highest BCUT2D eigenvalue weighted by molar-refractivity contribution is 7.89. The molecule has 9 heteroatoms. The Morgan fingerprint density at radius 1 is 1.19 bits per heavy atom. The highest BCUT2D eigenvalue weighted by atomic mass is 32.2. The number of carbonyl (C=O) groups excluding carboxylic acids is 2. The van der Waals surface area contributed by atoms with E-state index in [0.29, 0.717) is 30.8 Å². The Morgan fingerprint density at radius 2 is 2.00 bits per heavy atom. The average Bonchev–Trinajstić information content (AvgIpc) is 2.75. The van der Waals surface area contributed by atoms with Gasteiger partial charge in [0.2, 0.25) is 15.9 Å². The molecule has 1 atom stereocenters. The fourth-order valence-electron chi connectivity index (χ4n) is 3.85. The van der Waals surface area contributed by atoms with Gasteiger partial charge in [0.05, 0.1) is 16.5 Å². The third-order valence-electron chi connectivity index (χ3n) is 5.63. The first-order valence-corrected chi connectivity index (χ1v) is 11.6. The molecule has 0 bridgehead atoms. The van der Waals surface area contributed by atoms with Gasteiger partial charge < -0.3 is 15.4 Å². The SMILES string of the molecule is Cc1ccc(C)c(NC(=O)C2CCCN(S(=O)(=O)c3ccc4c(c3)NC(=O)CO4)C2)c1. The fraction of sp³-hybridized carbons (Fsp3) is 0.364. The zero-order valence-electron chi connectivity index (χ0n) is 17.5. The summed E-state index contributed by atoms with van der Waals surface area (Å²) in [5.41, 5.74) is 3.07. The Balaban J connectivity index is 1.51. The summed E-state index contributed by atoms with van der Waals surface area (Å²) < 4.78 is 33.1. The molecular weight excluding hydrogens is 418 g/mol. The van der Waals surface area contributed by atoms with Gasteiger partial charge in [0, 0.05) is 18.8 Å². The van der Waals surface area contributed by atoms with Crippen molar-refractivity contribution < 1.29 is 22.7 Å². The second kappa shape index (κ2) is 8.32. The van der Waals surface area contributed by atoms with Crippen LogP contribution in [0, 0.1) is 19.8 Å². The van der Waals surface area contributed by atoms with Crippen molar-refractivity contribution in [1.82, 2.24) is 4.31 Å². The summed E-state index contributed by atoms with van der Waals surface area (Å²) in [5.74, 6) is -0.519. The van der Waals surface area contributed by atoms with Crippen LogP contribution in [0.25, 0.3) is 0 Å². The zero-order chi connectivity index (χ0) is 22.2. The molecule has 1 saturated heterocycles. The smallest absolute Gasteiger partial charge is 0.262 e. The summed E-state index contributed by atoms with van der Waals surface area (Å²) in [7, 11) is -3.82. The molecule has 0 aliphatic carbocycles. The molecule has 0 aromatic heterocycles. The lowest BCUT2D eigenvalue weighted by molar-refractivity contribution is -0.121. The van der Waals surface area contributed by atoms with Gasteiger partial charge in [-0.05, 0) is 62.1 Å². The number of hydrogen-bond acceptors (Lipinski definition) is 5. The molecule has 4 rings (SSSR count). The van der Waals surface area contributed by atoms with Crippen LogP contribution in [0.2, 0.25) is 0 Å². The van der Waals surface area contributed by atoms with E-state index in [0.717, 1.165) is 16.8 Å². The molecule has 2 aliphatic heterocycles. The minimum absolute atomic E-state index is 0.0626. The highest BCUT2D eigenvalue weighted by Crippen LogP contribution is 2.32. The van der Waals surface area contributed by atoms with Crippen molar-refractivity contribution >= 4 is 33.2 Å². The van der Waals surface area contributed by atoms with Crippen LogP contribution in [0.15, 0.2) is 41.3 Å². The second-order valence-electron chi connectivity index (χ2n) is 8.00. The van der Waals surface area contributed by atoms with Crippen LogP contribution in [0.3, 0.4) is 0 Å². The number of anilines is 2. The number of sulfonamides is 1. The normalized spacial score (nSPS) is 19.2. The molecule has 0 spiro atoms. The quantitative estimate of drug-likeness (QED) is 0.756. The van der Waals surface area contributed by atoms with Gasteiger partial charge >= 0.3 is 0 Å². The summed E-state index contributed by atoms with van der Waals surface area (Å²) in [6, 6.07) is 10.2. The van der Waals surface area contributed by atoms with E-state index >= 15 is 0 Å². The van der Waals surface area contributed by atoms with Gasteiger partial charge in [-0.2, -0.15) is 4.31 Å². The number of ether oxygens (including phenoxy) is 1. The van der Waals surface area contributed by atoms with E-state index < -0.39 is 15.9 Å². The van der Waals surface area contributed by atoms with E-state index in [-0.39, 0.29) is 29.9 Å². The minimum Gasteiger partial charge on any atom is -0.482 e. The molecule has 2 aromatic carbocycles. The Morgan fingerprint density at radius 3 is 2.81 bits per heavy atom. The number of nitrogens with zero attached hydrogens (tertiary/aromatic N) is 1. The third kappa shape index (κ3) is 4.42. The van der Waals surface area contributed by atoms with Crippen LogP contribution in [0.5, 0.6) is 5.75 Å². The van der Waals surface area contributed by atoms with Crippen molar-refractivity contribution in [2.24, 2.45) is 5.92 Å². The highest BCUT2D eigenvalue weighted by Gasteiger charge is 2.34. The van der Waals surface area contributed by atoms with Gasteiger partial charge in [-0.25, -0.2) is 8.42 Å². The molecule has 2 N–H and O–H groups in total. The summed E-state index contributed by atoms with van der Waals surface area (Å²) in [6.45, 7) is 4.23. The van der Waals surface area contributed by atoms with Gasteiger partial charge in [-0.15, -0.1) is 0 Å². The largest absolute Gasteiger partial charge is 0.482 e. The maximum absolute atomic E-state index is 13.2. The number of hydrogen-bond donors (Lipinski definition) is 2. The van der Waals surface area contributed by atoms with Crippen molar-refractivity contribution in [2.45, 2.75) is 31.6 Å². The Bertz CT molecular complexity index is 1150. The number of amides is 2. The lowest BCUT2D eigenvalue weighted by Gasteiger charge is -2.31. The molecule has 0 radical (unpaired) electrons. The Labute approximate surface area is 181 Å². The first kappa shape index (κ1) is 21.3. The maximum Gasteiger partial charge on any atom is 0.262 e. The zero-order valence-corrected chi connectivity index (χ0v) is 18.3. The summed E-state index contributed by atoms with van der Waals surface area (Å²) in [6.07, 6.45) is 1.21. The first-order valence-electron chi connectivity index (χ1n) is 10.2. The van der Waals surface area contributed by atoms with E-state index in [9.17, 15) is 18.0 Å². The van der Waals surface area contributed by atoms with Crippen LogP contribution in [0.4, 0.5) is 11.4 Å². The molecule has 31 heavy (non-hydrogen) atoms. The summed E-state index contributed by atoms with van der Waals surface area (Å²) >= 11 is 0. The molecule has 164 valence electrons. The lowest BCUT2D eigenvalue weighted by Crippen LogP contribution is -2.43. The maximum atomic E-state index is 13.2. The third-order valence-corrected chi connectivity index (χ3v) is 7.49. The molecule has 1 fully saturated rings. The molecule has 2 heterocycles. The second-order valence-corrected chi connectivity index (χ2v) is 9.94. The van der Waals surface area contributed by atoms with Crippen LogP contribution in [0.1, 0.15) is 24.0 Å². The Hall–Kier alpha value is -2.91. The first-order chi connectivity index (χ1) is 14.7. The number of rotatable bonds is 4. The predicted octanol–water partition coefficient (Wildman–Crippen LogP) is 2.67. The van der Waals surface area contributed by atoms with E-state index in [2.05, 4.69) is 10.6 Å². The van der Waals surface area contributed by atoms with Crippen molar-refractivity contribution in [3.8, 4) is 5.75 Å². The standard InChI is InChI=1S/C22H25N3O5S/c1-14-5-6-15(2)18(10-14)24-22(27)16-4-3-9-25(12-16)31(28,29)17-7-8-20-19(11-17)23-21(26)13-30-20/h5-8,10-11,16H,3-4,9,12-13H2,1-2H3,(H,23,26)(H,24,27). The lowest BCUT2D eigenvalue weighted by atomic mass is 9.98. The van der Waals surface area contributed by atoms with Gasteiger partial charge in [0.25, 0.3) is 5.91 Å². The van der Waals surface area contributed by atoms with E-state index in [1.807, 2.05) is 32.0 Å². The van der Waals surface area contributed by atoms with Crippen LogP contribution in [-0.4, -0.2) is 44.2 Å². The number of fused-ring (bicyclic) bond motifs is 1. The summed E-state index contributed by atoms with van der Waals surface area (Å²) in [5, 5.41) is 5.58. The molecule has 2 aliphatic rings. The van der Waals surface area contributed by atoms with Crippen LogP contribution in [-0.2, 0) is 19.6 Å². The molecular formula is C22H25N3O5S. The number of benzene rings is 2. The van der Waals surface area contributed by atoms with Gasteiger partial charge in [0.15, 0.2) is 6.61 Å². The predicted molar refractivity (Wildman–Crippen MR) is 117 cm³/mol. The molecule has 2 aromatic rings. The van der Waals surface area contributed by atoms with Crippen molar-refractivity contribution in [3.05, 3.63) is 47.5 Å². The van der Waals surface area contributed by atoms with Crippen LogP contribution < -0.4 is 15.4 Å². The minimum atomic E-state index is -3.82. The van der Waals surface area contributed by atoms with E-state index in [1.165, 1.54) is 22.5 Å². The van der Waals surface area contributed by atoms with E-state index in [1.54, 1.807) is 0 Å². The number of piperidine rings is 1. The number of aryl methyl sites for hydroxylation is 2.